The van der Waals surface area contributed by atoms with Crippen molar-refractivity contribution in [2.75, 3.05) is 5.32 Å². The zero-order valence-electron chi connectivity index (χ0n) is 15.5. The summed E-state index contributed by atoms with van der Waals surface area (Å²) in [6, 6.07) is 21.4. The van der Waals surface area contributed by atoms with Crippen LogP contribution >= 0.6 is 39.1 Å². The van der Waals surface area contributed by atoms with Crippen LogP contribution in [0.1, 0.15) is 11.1 Å². The van der Waals surface area contributed by atoms with Crippen molar-refractivity contribution in [3.8, 4) is 11.8 Å². The Bertz CT molecular complexity index is 1140. The summed E-state index contributed by atoms with van der Waals surface area (Å²) in [4.78, 5) is 12.4. The number of amides is 1. The molecule has 30 heavy (non-hydrogen) atoms. The molecule has 0 saturated carbocycles. The Hall–Kier alpha value is -2.78. The third-order valence-electron chi connectivity index (χ3n) is 4.08. The number of halogens is 3. The third-order valence-corrected chi connectivity index (χ3v) is 5.27. The molecule has 3 rings (SSSR count). The second-order valence-electron chi connectivity index (χ2n) is 6.20. The fourth-order valence-electron chi connectivity index (χ4n) is 2.54. The van der Waals surface area contributed by atoms with Crippen LogP contribution < -0.4 is 10.1 Å². The van der Waals surface area contributed by atoms with Gasteiger partial charge in [-0.1, -0.05) is 63.4 Å². The second kappa shape index (κ2) is 10.3. The predicted octanol–water partition coefficient (Wildman–Crippen LogP) is 6.88. The van der Waals surface area contributed by atoms with E-state index in [1.165, 1.54) is 6.08 Å². The molecule has 0 bridgehead atoms. The normalized spacial score (nSPS) is 10.9. The Kier molecular flexibility index (Phi) is 7.53. The smallest absolute Gasteiger partial charge is 0.266 e. The van der Waals surface area contributed by atoms with E-state index in [0.29, 0.717) is 27.0 Å². The number of ether oxygens (including phenoxy) is 1. The molecule has 0 aliphatic heterocycles. The Balaban J connectivity index is 1.71. The quantitative estimate of drug-likeness (QED) is 0.295. The van der Waals surface area contributed by atoms with Gasteiger partial charge in [-0.05, 0) is 54.1 Å². The molecule has 0 heterocycles. The standard InChI is InChI=1S/C23H15BrCl2N2O2/c24-18-6-8-19(9-7-18)28-23(29)17(13-27)11-15-5-10-22(21(26)12-15)30-14-16-3-1-2-4-20(16)25/h1-12H,14H2,(H,28,29)/b17-11+. The van der Waals surface area contributed by atoms with E-state index in [1.54, 1.807) is 48.5 Å². The molecule has 0 fully saturated rings. The first-order valence-corrected chi connectivity index (χ1v) is 10.4. The number of hydrogen-bond acceptors (Lipinski definition) is 3. The lowest BCUT2D eigenvalue weighted by Gasteiger charge is -2.10. The largest absolute Gasteiger partial charge is 0.487 e. The molecule has 0 radical (unpaired) electrons. The van der Waals surface area contributed by atoms with E-state index in [9.17, 15) is 10.1 Å². The lowest BCUT2D eigenvalue weighted by atomic mass is 10.1. The van der Waals surface area contributed by atoms with E-state index in [0.717, 1.165) is 10.0 Å². The van der Waals surface area contributed by atoms with E-state index in [1.807, 2.05) is 24.3 Å². The van der Waals surface area contributed by atoms with Crippen molar-refractivity contribution in [1.29, 1.82) is 5.26 Å². The van der Waals surface area contributed by atoms with E-state index in [2.05, 4.69) is 21.2 Å². The van der Waals surface area contributed by atoms with Crippen molar-refractivity contribution in [3.05, 3.63) is 97.9 Å². The van der Waals surface area contributed by atoms with Crippen molar-refractivity contribution < 1.29 is 9.53 Å². The van der Waals surface area contributed by atoms with Crippen LogP contribution in [0.3, 0.4) is 0 Å². The summed E-state index contributed by atoms with van der Waals surface area (Å²) in [5.41, 5.74) is 1.99. The molecule has 0 aromatic heterocycles. The molecule has 1 N–H and O–H groups in total. The number of nitrogens with zero attached hydrogens (tertiary/aromatic N) is 1. The maximum Gasteiger partial charge on any atom is 0.266 e. The molecule has 0 spiro atoms. The van der Waals surface area contributed by atoms with Crippen LogP contribution in [0.4, 0.5) is 5.69 Å². The second-order valence-corrected chi connectivity index (χ2v) is 7.93. The monoisotopic (exact) mass is 500 g/mol. The van der Waals surface area contributed by atoms with Crippen LogP contribution in [0, 0.1) is 11.3 Å². The molecule has 0 atom stereocenters. The predicted molar refractivity (Wildman–Crippen MR) is 124 cm³/mol. The zero-order valence-corrected chi connectivity index (χ0v) is 18.6. The molecular formula is C23H15BrCl2N2O2. The first-order valence-electron chi connectivity index (χ1n) is 8.81. The van der Waals surface area contributed by atoms with Gasteiger partial charge in [0.2, 0.25) is 0 Å². The van der Waals surface area contributed by atoms with E-state index in [-0.39, 0.29) is 12.2 Å². The lowest BCUT2D eigenvalue weighted by Crippen LogP contribution is -2.13. The van der Waals surface area contributed by atoms with E-state index >= 15 is 0 Å². The number of nitriles is 1. The zero-order chi connectivity index (χ0) is 21.5. The highest BCUT2D eigenvalue weighted by atomic mass is 79.9. The molecule has 1 amide bonds. The number of carbonyl (C=O) groups is 1. The average molecular weight is 502 g/mol. The summed E-state index contributed by atoms with van der Waals surface area (Å²) in [5.74, 6) is -0.0263. The van der Waals surface area contributed by atoms with Gasteiger partial charge in [0.15, 0.2) is 0 Å². The number of benzene rings is 3. The maximum atomic E-state index is 12.4. The lowest BCUT2D eigenvalue weighted by molar-refractivity contribution is -0.112. The van der Waals surface area contributed by atoms with E-state index in [4.69, 9.17) is 27.9 Å². The molecule has 0 aliphatic carbocycles. The summed E-state index contributed by atoms with van der Waals surface area (Å²) in [6.45, 7) is 0.271. The molecule has 3 aromatic rings. The third kappa shape index (κ3) is 5.87. The van der Waals surface area contributed by atoms with Gasteiger partial charge in [-0.15, -0.1) is 0 Å². The Labute approximate surface area is 192 Å². The fraction of sp³-hybridized carbons (Fsp3) is 0.0435. The fourth-order valence-corrected chi connectivity index (χ4v) is 3.24. The van der Waals surface area contributed by atoms with Gasteiger partial charge in [0, 0.05) is 20.7 Å². The Morgan fingerprint density at radius 3 is 2.47 bits per heavy atom. The minimum absolute atomic E-state index is 0.0429. The van der Waals surface area contributed by atoms with Crippen LogP contribution in [0.25, 0.3) is 6.08 Å². The molecule has 3 aromatic carbocycles. The summed E-state index contributed by atoms with van der Waals surface area (Å²) in [7, 11) is 0. The number of anilines is 1. The number of hydrogen-bond donors (Lipinski definition) is 1. The van der Waals surface area contributed by atoms with Gasteiger partial charge < -0.3 is 10.1 Å². The van der Waals surface area contributed by atoms with Gasteiger partial charge in [-0.2, -0.15) is 5.26 Å². The molecule has 0 unspecified atom stereocenters. The van der Waals surface area contributed by atoms with Crippen LogP contribution in [0.2, 0.25) is 10.0 Å². The Morgan fingerprint density at radius 2 is 1.80 bits per heavy atom. The molecule has 0 saturated heterocycles. The minimum Gasteiger partial charge on any atom is -0.487 e. The average Bonchev–Trinajstić information content (AvgIpc) is 2.74. The highest BCUT2D eigenvalue weighted by Crippen LogP contribution is 2.28. The van der Waals surface area contributed by atoms with Crippen molar-refractivity contribution in [3.63, 3.8) is 0 Å². The molecule has 4 nitrogen and oxygen atoms in total. The van der Waals surface area contributed by atoms with Crippen LogP contribution in [-0.2, 0) is 11.4 Å². The summed E-state index contributed by atoms with van der Waals surface area (Å²) in [5, 5.41) is 13.0. The Morgan fingerprint density at radius 1 is 1.07 bits per heavy atom. The minimum atomic E-state index is -0.505. The first kappa shape index (κ1) is 21.9. The molecule has 0 aliphatic rings. The van der Waals surface area contributed by atoms with Gasteiger partial charge >= 0.3 is 0 Å². The van der Waals surface area contributed by atoms with Gasteiger partial charge in [0.05, 0.1) is 5.02 Å². The van der Waals surface area contributed by atoms with Crippen LogP contribution in [0.5, 0.6) is 5.75 Å². The summed E-state index contributed by atoms with van der Waals surface area (Å²) < 4.78 is 6.63. The summed E-state index contributed by atoms with van der Waals surface area (Å²) in [6.07, 6.45) is 1.47. The van der Waals surface area contributed by atoms with Gasteiger partial charge in [0.1, 0.15) is 24.0 Å². The van der Waals surface area contributed by atoms with Crippen molar-refractivity contribution >= 4 is 56.8 Å². The maximum absolute atomic E-state index is 12.4. The van der Waals surface area contributed by atoms with Gasteiger partial charge in [-0.3, -0.25) is 4.79 Å². The molecular weight excluding hydrogens is 487 g/mol. The molecule has 7 heteroatoms. The topological polar surface area (TPSA) is 62.1 Å². The van der Waals surface area contributed by atoms with Crippen molar-refractivity contribution in [2.24, 2.45) is 0 Å². The van der Waals surface area contributed by atoms with Crippen LogP contribution in [-0.4, -0.2) is 5.91 Å². The van der Waals surface area contributed by atoms with Crippen molar-refractivity contribution in [1.82, 2.24) is 0 Å². The van der Waals surface area contributed by atoms with Crippen molar-refractivity contribution in [2.45, 2.75) is 6.61 Å². The van der Waals surface area contributed by atoms with E-state index < -0.39 is 5.91 Å². The highest BCUT2D eigenvalue weighted by molar-refractivity contribution is 9.10. The van der Waals surface area contributed by atoms with Gasteiger partial charge in [-0.25, -0.2) is 0 Å². The SMILES string of the molecule is N#C/C(=C\c1ccc(OCc2ccccc2Cl)c(Cl)c1)C(=O)Nc1ccc(Br)cc1. The number of rotatable bonds is 6. The first-order chi connectivity index (χ1) is 14.5. The van der Waals surface area contributed by atoms with Crippen LogP contribution in [0.15, 0.2) is 76.8 Å². The highest BCUT2D eigenvalue weighted by Gasteiger charge is 2.11. The number of nitrogens with one attached hydrogen (secondary N) is 1. The van der Waals surface area contributed by atoms with Gasteiger partial charge in [0.25, 0.3) is 5.91 Å². The molecule has 150 valence electrons. The number of carbonyl (C=O) groups excluding carboxylic acids is 1. The summed E-state index contributed by atoms with van der Waals surface area (Å²) >= 11 is 15.8.